The number of ether oxygens (including phenoxy) is 1. The number of rotatable bonds is 1. The van der Waals surface area contributed by atoms with Gasteiger partial charge >= 0.3 is 6.36 Å². The van der Waals surface area contributed by atoms with Crippen molar-refractivity contribution in [1.82, 2.24) is 0 Å². The number of benzene rings is 1. The number of hydrogen-bond donors (Lipinski definition) is 0. The van der Waals surface area contributed by atoms with Crippen LogP contribution in [0.2, 0.25) is 0 Å². The summed E-state index contributed by atoms with van der Waals surface area (Å²) in [6, 6.07) is 4.30. The van der Waals surface area contributed by atoms with E-state index in [1.165, 1.54) is 12.1 Å². The van der Waals surface area contributed by atoms with E-state index in [1.54, 1.807) is 6.07 Å². The van der Waals surface area contributed by atoms with E-state index in [0.29, 0.717) is 4.47 Å². The molecule has 1 nitrogen and oxygen atoms in total. The summed E-state index contributed by atoms with van der Waals surface area (Å²) < 4.78 is 39.9. The van der Waals surface area contributed by atoms with E-state index in [0.717, 1.165) is 0 Å². The van der Waals surface area contributed by atoms with Crippen LogP contribution in [0.3, 0.4) is 0 Å². The monoisotopic (exact) mass is 318 g/mol. The lowest BCUT2D eigenvalue weighted by Gasteiger charge is -2.10. The summed E-state index contributed by atoms with van der Waals surface area (Å²) in [5, 5.41) is 0. The third-order valence-electron chi connectivity index (χ3n) is 1.12. The first-order chi connectivity index (χ1) is 5.88. The molecular formula is C7H3Br2F3O. The topological polar surface area (TPSA) is 9.23 Å². The minimum Gasteiger partial charge on any atom is -0.405 e. The minimum atomic E-state index is -4.66. The van der Waals surface area contributed by atoms with Gasteiger partial charge in [0.2, 0.25) is 0 Å². The minimum absolute atomic E-state index is 0.257. The van der Waals surface area contributed by atoms with Gasteiger partial charge in [-0.25, -0.2) is 0 Å². The van der Waals surface area contributed by atoms with E-state index in [2.05, 4.69) is 36.6 Å². The lowest BCUT2D eigenvalue weighted by atomic mass is 10.3. The first-order valence-corrected chi connectivity index (χ1v) is 4.68. The Labute approximate surface area is 89.1 Å². The van der Waals surface area contributed by atoms with Crippen molar-refractivity contribution in [2.75, 3.05) is 0 Å². The Balaban J connectivity index is 2.94. The van der Waals surface area contributed by atoms with Gasteiger partial charge < -0.3 is 4.74 Å². The van der Waals surface area contributed by atoms with Gasteiger partial charge in [0.1, 0.15) is 5.75 Å². The van der Waals surface area contributed by atoms with Crippen molar-refractivity contribution in [2.45, 2.75) is 6.36 Å². The fourth-order valence-corrected chi connectivity index (χ4v) is 1.35. The van der Waals surface area contributed by atoms with E-state index in [4.69, 9.17) is 0 Å². The molecule has 0 saturated carbocycles. The molecule has 0 atom stereocenters. The van der Waals surface area contributed by atoms with Gasteiger partial charge in [0.05, 0.1) is 4.47 Å². The summed E-state index contributed by atoms with van der Waals surface area (Å²) >= 11 is 5.97. The highest BCUT2D eigenvalue weighted by atomic mass is 79.9. The zero-order valence-corrected chi connectivity index (χ0v) is 9.20. The highest BCUT2D eigenvalue weighted by Crippen LogP contribution is 2.32. The molecule has 0 aliphatic heterocycles. The van der Waals surface area contributed by atoms with Crippen molar-refractivity contribution in [1.29, 1.82) is 0 Å². The van der Waals surface area contributed by atoms with E-state index < -0.39 is 6.36 Å². The first-order valence-electron chi connectivity index (χ1n) is 3.09. The molecule has 0 heterocycles. The second kappa shape index (κ2) is 3.88. The summed E-state index contributed by atoms with van der Waals surface area (Å²) in [5.74, 6) is -0.262. The van der Waals surface area contributed by atoms with Gasteiger partial charge in [0.15, 0.2) is 0 Å². The number of hydrogen-bond acceptors (Lipinski definition) is 1. The maximum atomic E-state index is 11.8. The van der Waals surface area contributed by atoms with Crippen molar-refractivity contribution in [3.63, 3.8) is 0 Å². The van der Waals surface area contributed by atoms with Crippen LogP contribution in [-0.4, -0.2) is 6.36 Å². The van der Waals surface area contributed by atoms with Gasteiger partial charge in [-0.3, -0.25) is 0 Å². The molecule has 0 amide bonds. The summed E-state index contributed by atoms with van der Waals surface area (Å²) in [4.78, 5) is 0. The summed E-state index contributed by atoms with van der Waals surface area (Å²) in [6.45, 7) is 0. The summed E-state index contributed by atoms with van der Waals surface area (Å²) in [5.41, 5.74) is 0. The molecule has 0 saturated heterocycles. The third-order valence-corrected chi connectivity index (χ3v) is 2.27. The predicted octanol–water partition coefficient (Wildman–Crippen LogP) is 4.11. The second-order valence-corrected chi connectivity index (χ2v) is 3.89. The van der Waals surface area contributed by atoms with Crippen molar-refractivity contribution in [2.24, 2.45) is 0 Å². The maximum absolute atomic E-state index is 11.8. The highest BCUT2D eigenvalue weighted by Gasteiger charge is 2.31. The Morgan fingerprint density at radius 2 is 1.77 bits per heavy atom. The molecule has 0 unspecified atom stereocenters. The molecular weight excluding hydrogens is 317 g/mol. The molecule has 6 heteroatoms. The molecule has 0 fully saturated rings. The smallest absolute Gasteiger partial charge is 0.405 e. The molecule has 0 radical (unpaired) electrons. The van der Waals surface area contributed by atoms with Crippen LogP contribution in [0, 0.1) is 0 Å². The van der Waals surface area contributed by atoms with Gasteiger partial charge in [-0.05, 0) is 34.1 Å². The lowest BCUT2D eigenvalue weighted by molar-refractivity contribution is -0.274. The van der Waals surface area contributed by atoms with Gasteiger partial charge in [-0.1, -0.05) is 15.9 Å². The van der Waals surface area contributed by atoms with Crippen LogP contribution >= 0.6 is 31.9 Å². The van der Waals surface area contributed by atoms with E-state index in [-0.39, 0.29) is 10.2 Å². The molecule has 1 aromatic rings. The van der Waals surface area contributed by atoms with E-state index in [9.17, 15) is 13.2 Å². The van der Waals surface area contributed by atoms with Gasteiger partial charge in [-0.15, -0.1) is 13.2 Å². The molecule has 0 spiro atoms. The van der Waals surface area contributed by atoms with Gasteiger partial charge in [0.25, 0.3) is 0 Å². The third kappa shape index (κ3) is 3.56. The molecule has 1 aromatic carbocycles. The van der Waals surface area contributed by atoms with Crippen LogP contribution in [-0.2, 0) is 0 Å². The molecule has 0 aliphatic rings. The van der Waals surface area contributed by atoms with Gasteiger partial charge in [0, 0.05) is 4.47 Å². The van der Waals surface area contributed by atoms with Gasteiger partial charge in [-0.2, -0.15) is 0 Å². The molecule has 0 aromatic heterocycles. The van der Waals surface area contributed by atoms with E-state index in [1.807, 2.05) is 0 Å². The van der Waals surface area contributed by atoms with Crippen LogP contribution in [0.4, 0.5) is 13.2 Å². The molecule has 13 heavy (non-hydrogen) atoms. The van der Waals surface area contributed by atoms with Crippen LogP contribution in [0.5, 0.6) is 5.75 Å². The molecule has 0 aliphatic carbocycles. The Morgan fingerprint density at radius 3 is 2.31 bits per heavy atom. The van der Waals surface area contributed by atoms with Crippen LogP contribution in [0.15, 0.2) is 27.1 Å². The van der Waals surface area contributed by atoms with Crippen molar-refractivity contribution >= 4 is 31.9 Å². The zero-order valence-electron chi connectivity index (χ0n) is 6.03. The van der Waals surface area contributed by atoms with Crippen LogP contribution in [0.25, 0.3) is 0 Å². The Kier molecular flexibility index (Phi) is 3.23. The number of alkyl halides is 3. The summed E-state index contributed by atoms with van der Waals surface area (Å²) in [7, 11) is 0. The zero-order chi connectivity index (χ0) is 10.1. The van der Waals surface area contributed by atoms with Crippen LogP contribution in [0.1, 0.15) is 0 Å². The quantitative estimate of drug-likeness (QED) is 0.757. The Hall–Kier alpha value is -0.230. The average Bonchev–Trinajstić information content (AvgIpc) is 1.94. The normalized spacial score (nSPS) is 11.5. The van der Waals surface area contributed by atoms with E-state index >= 15 is 0 Å². The lowest BCUT2D eigenvalue weighted by Crippen LogP contribution is -2.17. The fraction of sp³-hybridized carbons (Fsp3) is 0.143. The SMILES string of the molecule is FC(F)(F)Oc1cc(Br)ccc1Br. The molecule has 0 bridgehead atoms. The van der Waals surface area contributed by atoms with Crippen molar-refractivity contribution in [3.8, 4) is 5.75 Å². The number of halogens is 5. The molecule has 0 N–H and O–H groups in total. The highest BCUT2D eigenvalue weighted by molar-refractivity contribution is 9.11. The van der Waals surface area contributed by atoms with Crippen molar-refractivity contribution in [3.05, 3.63) is 27.1 Å². The van der Waals surface area contributed by atoms with Crippen molar-refractivity contribution < 1.29 is 17.9 Å². The Morgan fingerprint density at radius 1 is 1.15 bits per heavy atom. The molecule has 1 rings (SSSR count). The Bertz CT molecular complexity index is 311. The fourth-order valence-electron chi connectivity index (χ4n) is 0.680. The second-order valence-electron chi connectivity index (χ2n) is 2.12. The standard InChI is InChI=1S/C7H3Br2F3O/c8-4-1-2-5(9)6(3-4)13-7(10,11)12/h1-3H. The molecule has 72 valence electrons. The average molecular weight is 320 g/mol. The first kappa shape index (κ1) is 10.8. The van der Waals surface area contributed by atoms with Crippen LogP contribution < -0.4 is 4.74 Å². The largest absolute Gasteiger partial charge is 0.573 e. The summed E-state index contributed by atoms with van der Waals surface area (Å²) in [6.07, 6.45) is -4.66. The predicted molar refractivity (Wildman–Crippen MR) is 48.5 cm³/mol. The maximum Gasteiger partial charge on any atom is 0.573 e.